The van der Waals surface area contributed by atoms with E-state index in [0.717, 1.165) is 0 Å². The molecule has 0 bridgehead atoms. The second-order valence-corrected chi connectivity index (χ2v) is 4.57. The number of aromatic nitrogens is 1. The van der Waals surface area contributed by atoms with Gasteiger partial charge in [-0.1, -0.05) is 0 Å². The topological polar surface area (TPSA) is 85.8 Å². The van der Waals surface area contributed by atoms with E-state index in [2.05, 4.69) is 16.4 Å². The highest BCUT2D eigenvalue weighted by Crippen LogP contribution is 2.10. The number of nitrogens with zero attached hydrogens (tertiary/aromatic N) is 1. The van der Waals surface area contributed by atoms with Gasteiger partial charge < -0.3 is 10.3 Å². The van der Waals surface area contributed by atoms with Crippen LogP contribution in [0.5, 0.6) is 0 Å². The summed E-state index contributed by atoms with van der Waals surface area (Å²) >= 11 is 0. The maximum atomic E-state index is 11.7. The highest BCUT2D eigenvalue weighted by Gasteiger charge is 2.19. The molecule has 0 aliphatic carbocycles. The van der Waals surface area contributed by atoms with Gasteiger partial charge in [0.2, 0.25) is 0 Å². The van der Waals surface area contributed by atoms with Gasteiger partial charge in [0.05, 0.1) is 11.5 Å². The third kappa shape index (κ3) is 3.45. The van der Waals surface area contributed by atoms with Crippen molar-refractivity contribution in [3.63, 3.8) is 0 Å². The number of H-pyrrole nitrogens is 1. The molecule has 0 radical (unpaired) electrons. The molecule has 0 fully saturated rings. The van der Waals surface area contributed by atoms with E-state index >= 15 is 0 Å². The lowest BCUT2D eigenvalue weighted by atomic mass is 9.96. The molecule has 0 unspecified atom stereocenters. The number of carbonyl (C=O) groups is 1. The zero-order chi connectivity index (χ0) is 13.1. The van der Waals surface area contributed by atoms with E-state index in [0.29, 0.717) is 5.69 Å². The summed E-state index contributed by atoms with van der Waals surface area (Å²) < 4.78 is 0. The van der Waals surface area contributed by atoms with Crippen molar-refractivity contribution in [3.05, 3.63) is 33.7 Å². The van der Waals surface area contributed by atoms with Crippen LogP contribution in [0.25, 0.3) is 0 Å². The van der Waals surface area contributed by atoms with Gasteiger partial charge in [0.1, 0.15) is 5.56 Å². The molecule has 0 spiro atoms. The number of amides is 1. The Morgan fingerprint density at radius 2 is 2.24 bits per heavy atom. The van der Waals surface area contributed by atoms with Crippen molar-refractivity contribution in [2.24, 2.45) is 5.41 Å². The first-order chi connectivity index (χ1) is 7.85. The van der Waals surface area contributed by atoms with Crippen molar-refractivity contribution < 1.29 is 4.79 Å². The zero-order valence-corrected chi connectivity index (χ0v) is 10.1. The molecule has 5 nitrogen and oxygen atoms in total. The van der Waals surface area contributed by atoms with Crippen molar-refractivity contribution in [1.82, 2.24) is 10.3 Å². The van der Waals surface area contributed by atoms with Gasteiger partial charge in [-0.05, 0) is 20.8 Å². The van der Waals surface area contributed by atoms with Gasteiger partial charge in [-0.2, -0.15) is 5.26 Å². The fourth-order valence-corrected chi connectivity index (χ4v) is 1.19. The van der Waals surface area contributed by atoms with Gasteiger partial charge in [-0.25, -0.2) is 0 Å². The molecule has 0 aliphatic rings. The largest absolute Gasteiger partial charge is 0.364 e. The Balaban J connectivity index is 2.79. The Morgan fingerprint density at radius 1 is 1.59 bits per heavy atom. The quantitative estimate of drug-likeness (QED) is 0.815. The van der Waals surface area contributed by atoms with E-state index in [4.69, 9.17) is 5.26 Å². The van der Waals surface area contributed by atoms with Gasteiger partial charge >= 0.3 is 0 Å². The average Bonchev–Trinajstić information content (AvgIpc) is 2.26. The standard InChI is InChI=1S/C12H15N3O2/c1-8-4-10(16)9(5-14-8)11(17)15-7-12(2,3)6-13/h4-5H,7H2,1-3H3,(H,14,16)(H,15,17). The second-order valence-electron chi connectivity index (χ2n) is 4.57. The van der Waals surface area contributed by atoms with Gasteiger partial charge in [-0.15, -0.1) is 0 Å². The smallest absolute Gasteiger partial charge is 0.256 e. The van der Waals surface area contributed by atoms with Crippen LogP contribution in [0.2, 0.25) is 0 Å². The minimum Gasteiger partial charge on any atom is -0.364 e. The highest BCUT2D eigenvalue weighted by atomic mass is 16.2. The van der Waals surface area contributed by atoms with Crippen LogP contribution in [0.3, 0.4) is 0 Å². The SMILES string of the molecule is Cc1cc(=O)c(C(=O)NCC(C)(C)C#N)c[nH]1. The van der Waals surface area contributed by atoms with E-state index in [1.807, 2.05) is 0 Å². The van der Waals surface area contributed by atoms with Crippen molar-refractivity contribution >= 4 is 5.91 Å². The first-order valence-electron chi connectivity index (χ1n) is 5.24. The maximum absolute atomic E-state index is 11.7. The van der Waals surface area contributed by atoms with Crippen LogP contribution in [0, 0.1) is 23.7 Å². The van der Waals surface area contributed by atoms with Crippen LogP contribution in [0.4, 0.5) is 0 Å². The molecular weight excluding hydrogens is 218 g/mol. The lowest BCUT2D eigenvalue weighted by molar-refractivity contribution is 0.0942. The van der Waals surface area contributed by atoms with Crippen molar-refractivity contribution in [3.8, 4) is 6.07 Å². The summed E-state index contributed by atoms with van der Waals surface area (Å²) in [5, 5.41) is 11.4. The first kappa shape index (κ1) is 13.0. The summed E-state index contributed by atoms with van der Waals surface area (Å²) in [6, 6.07) is 3.44. The summed E-state index contributed by atoms with van der Waals surface area (Å²) in [4.78, 5) is 26.0. The van der Waals surface area contributed by atoms with Gasteiger partial charge in [-0.3, -0.25) is 9.59 Å². The number of aryl methyl sites for hydroxylation is 1. The van der Waals surface area contributed by atoms with Crippen LogP contribution in [0.15, 0.2) is 17.1 Å². The monoisotopic (exact) mass is 233 g/mol. The van der Waals surface area contributed by atoms with Gasteiger partial charge in [0, 0.05) is 24.5 Å². The average molecular weight is 233 g/mol. The Hall–Kier alpha value is -2.09. The Bertz CT molecular complexity index is 523. The lowest BCUT2D eigenvalue weighted by Crippen LogP contribution is -2.35. The lowest BCUT2D eigenvalue weighted by Gasteiger charge is -2.15. The molecule has 2 N–H and O–H groups in total. The molecule has 1 aromatic heterocycles. The fraction of sp³-hybridized carbons (Fsp3) is 0.417. The number of nitriles is 1. The highest BCUT2D eigenvalue weighted by molar-refractivity contribution is 5.93. The van der Waals surface area contributed by atoms with Crippen molar-refractivity contribution in [2.45, 2.75) is 20.8 Å². The third-order valence-electron chi connectivity index (χ3n) is 2.30. The summed E-state index contributed by atoms with van der Waals surface area (Å²) in [6.07, 6.45) is 1.38. The van der Waals surface area contributed by atoms with Crippen LogP contribution in [0.1, 0.15) is 29.9 Å². The van der Waals surface area contributed by atoms with Crippen molar-refractivity contribution in [2.75, 3.05) is 6.54 Å². The molecular formula is C12H15N3O2. The summed E-state index contributed by atoms with van der Waals surface area (Å²) in [6.45, 7) is 5.37. The number of hydrogen-bond donors (Lipinski definition) is 2. The Labute approximate surface area is 99.5 Å². The fourth-order valence-electron chi connectivity index (χ4n) is 1.19. The third-order valence-corrected chi connectivity index (χ3v) is 2.30. The van der Waals surface area contributed by atoms with E-state index in [9.17, 15) is 9.59 Å². The minimum absolute atomic E-state index is 0.0596. The second kappa shape index (κ2) is 4.83. The normalized spacial score (nSPS) is 10.7. The molecule has 1 aromatic rings. The van der Waals surface area contributed by atoms with Gasteiger partial charge in [0.25, 0.3) is 5.91 Å². The Morgan fingerprint density at radius 3 is 2.76 bits per heavy atom. The van der Waals surface area contributed by atoms with Crippen LogP contribution in [-0.2, 0) is 0 Å². The van der Waals surface area contributed by atoms with E-state index in [1.165, 1.54) is 12.3 Å². The Kier molecular flexibility index (Phi) is 3.69. The molecule has 0 atom stereocenters. The summed E-state index contributed by atoms with van der Waals surface area (Å²) in [7, 11) is 0. The van der Waals surface area contributed by atoms with Crippen LogP contribution < -0.4 is 10.7 Å². The molecule has 1 heterocycles. The van der Waals surface area contributed by atoms with Gasteiger partial charge in [0.15, 0.2) is 5.43 Å². The number of pyridine rings is 1. The van der Waals surface area contributed by atoms with Crippen LogP contribution >= 0.6 is 0 Å². The molecule has 5 heteroatoms. The first-order valence-corrected chi connectivity index (χ1v) is 5.24. The predicted molar refractivity (Wildman–Crippen MR) is 63.5 cm³/mol. The predicted octanol–water partition coefficient (Wildman–Crippen LogP) is 0.963. The zero-order valence-electron chi connectivity index (χ0n) is 10.1. The van der Waals surface area contributed by atoms with E-state index in [-0.39, 0.29) is 17.5 Å². The molecule has 17 heavy (non-hydrogen) atoms. The molecule has 90 valence electrons. The number of carbonyl (C=O) groups excluding carboxylic acids is 1. The van der Waals surface area contributed by atoms with E-state index < -0.39 is 11.3 Å². The summed E-state index contributed by atoms with van der Waals surface area (Å²) in [5.41, 5.74) is -0.214. The molecule has 1 amide bonds. The number of hydrogen-bond acceptors (Lipinski definition) is 3. The van der Waals surface area contributed by atoms with Crippen LogP contribution in [-0.4, -0.2) is 17.4 Å². The molecule has 1 rings (SSSR count). The summed E-state index contributed by atoms with van der Waals surface area (Å²) in [5.74, 6) is -0.463. The molecule has 0 aliphatic heterocycles. The molecule has 0 aromatic carbocycles. The number of nitrogens with one attached hydrogen (secondary N) is 2. The maximum Gasteiger partial charge on any atom is 0.256 e. The molecule has 0 saturated carbocycles. The van der Waals surface area contributed by atoms with Crippen molar-refractivity contribution in [1.29, 1.82) is 5.26 Å². The number of rotatable bonds is 3. The van der Waals surface area contributed by atoms with E-state index in [1.54, 1.807) is 20.8 Å². The minimum atomic E-state index is -0.646. The number of aromatic amines is 1. The molecule has 0 saturated heterocycles.